The fourth-order valence-electron chi connectivity index (χ4n) is 2.58. The summed E-state index contributed by atoms with van der Waals surface area (Å²) in [5, 5.41) is 1.16. The molecular formula is C19H17NO. The van der Waals surface area contributed by atoms with Crippen LogP contribution >= 0.6 is 0 Å². The molecule has 1 heterocycles. The Morgan fingerprint density at radius 3 is 2.57 bits per heavy atom. The maximum atomic E-state index is 12.1. The van der Waals surface area contributed by atoms with E-state index >= 15 is 0 Å². The number of carbonyl (C=O) groups excluding carboxylic acids is 1. The van der Waals surface area contributed by atoms with Gasteiger partial charge in [0.1, 0.15) is 0 Å². The Kier molecular flexibility index (Phi) is 4.06. The van der Waals surface area contributed by atoms with Crippen LogP contribution in [0.5, 0.6) is 0 Å². The van der Waals surface area contributed by atoms with E-state index in [-0.39, 0.29) is 5.78 Å². The maximum Gasteiger partial charge on any atom is 0.162 e. The molecule has 0 atom stereocenters. The van der Waals surface area contributed by atoms with Crippen LogP contribution in [0, 0.1) is 0 Å². The van der Waals surface area contributed by atoms with Gasteiger partial charge in [-0.3, -0.25) is 9.78 Å². The lowest BCUT2D eigenvalue weighted by atomic mass is 10.0. The van der Waals surface area contributed by atoms with Crippen molar-refractivity contribution >= 4 is 16.7 Å². The van der Waals surface area contributed by atoms with Crippen molar-refractivity contribution in [2.45, 2.75) is 19.3 Å². The highest BCUT2D eigenvalue weighted by Crippen LogP contribution is 2.18. The molecule has 0 amide bonds. The van der Waals surface area contributed by atoms with E-state index in [0.29, 0.717) is 6.42 Å². The normalized spacial score (nSPS) is 10.7. The number of fused-ring (bicyclic) bond motifs is 1. The molecule has 0 saturated carbocycles. The third kappa shape index (κ3) is 3.16. The lowest BCUT2D eigenvalue weighted by molar-refractivity contribution is 0.0980. The third-order valence-corrected chi connectivity index (χ3v) is 3.66. The molecule has 0 radical (unpaired) electrons. The lowest BCUT2D eigenvalue weighted by Gasteiger charge is -2.05. The molecule has 2 heteroatoms. The van der Waals surface area contributed by atoms with Gasteiger partial charge in [0.2, 0.25) is 0 Å². The molecule has 0 aliphatic rings. The Labute approximate surface area is 124 Å². The Bertz CT molecular complexity index is 744. The molecule has 0 bridgehead atoms. The van der Waals surface area contributed by atoms with Gasteiger partial charge in [-0.2, -0.15) is 0 Å². The Hall–Kier alpha value is -2.48. The van der Waals surface area contributed by atoms with Gasteiger partial charge in [-0.15, -0.1) is 0 Å². The van der Waals surface area contributed by atoms with Crippen LogP contribution in [-0.2, 0) is 6.42 Å². The highest BCUT2D eigenvalue weighted by atomic mass is 16.1. The quantitative estimate of drug-likeness (QED) is 0.644. The zero-order valence-corrected chi connectivity index (χ0v) is 11.8. The fraction of sp³-hybridized carbons (Fsp3) is 0.158. The predicted octanol–water partition coefficient (Wildman–Crippen LogP) is 4.44. The standard InChI is InChI=1S/C19H17NO/c21-18(15-7-2-1-3-8-15)13-5-11-16-9-4-10-17-12-6-14-20-19(16)17/h1-4,6-10,12,14H,5,11,13H2. The summed E-state index contributed by atoms with van der Waals surface area (Å²) in [6.07, 6.45) is 4.13. The number of benzene rings is 2. The summed E-state index contributed by atoms with van der Waals surface area (Å²) in [5.74, 6) is 0.212. The van der Waals surface area contributed by atoms with E-state index in [0.717, 1.165) is 29.3 Å². The average Bonchev–Trinajstić information content (AvgIpc) is 2.56. The number of Topliss-reactive ketones (excluding diaryl/α,β-unsaturated/α-hetero) is 1. The predicted molar refractivity (Wildman–Crippen MR) is 85.5 cm³/mol. The molecule has 2 nitrogen and oxygen atoms in total. The second kappa shape index (κ2) is 6.31. The first-order valence-corrected chi connectivity index (χ1v) is 7.25. The molecule has 0 aliphatic heterocycles. The smallest absolute Gasteiger partial charge is 0.162 e. The number of aromatic nitrogens is 1. The number of hydrogen-bond acceptors (Lipinski definition) is 2. The van der Waals surface area contributed by atoms with Gasteiger partial charge in [-0.1, -0.05) is 54.6 Å². The van der Waals surface area contributed by atoms with Crippen molar-refractivity contribution in [1.29, 1.82) is 0 Å². The molecular weight excluding hydrogens is 258 g/mol. The van der Waals surface area contributed by atoms with Crippen molar-refractivity contribution < 1.29 is 4.79 Å². The first-order valence-electron chi connectivity index (χ1n) is 7.25. The second-order valence-corrected chi connectivity index (χ2v) is 5.14. The number of rotatable bonds is 5. The number of carbonyl (C=O) groups is 1. The Balaban J connectivity index is 1.66. The van der Waals surface area contributed by atoms with E-state index in [9.17, 15) is 4.79 Å². The Morgan fingerprint density at radius 2 is 1.71 bits per heavy atom. The highest BCUT2D eigenvalue weighted by Gasteiger charge is 2.06. The van der Waals surface area contributed by atoms with E-state index in [2.05, 4.69) is 29.2 Å². The second-order valence-electron chi connectivity index (χ2n) is 5.14. The van der Waals surface area contributed by atoms with Crippen LogP contribution in [0.15, 0.2) is 66.9 Å². The summed E-state index contributed by atoms with van der Waals surface area (Å²) in [5.41, 5.74) is 3.06. The minimum atomic E-state index is 0.212. The number of ketones is 1. The van der Waals surface area contributed by atoms with Crippen molar-refractivity contribution in [3.63, 3.8) is 0 Å². The third-order valence-electron chi connectivity index (χ3n) is 3.66. The van der Waals surface area contributed by atoms with Crippen LogP contribution in [0.4, 0.5) is 0 Å². The molecule has 0 spiro atoms. The van der Waals surface area contributed by atoms with Crippen molar-refractivity contribution in [2.75, 3.05) is 0 Å². The summed E-state index contributed by atoms with van der Waals surface area (Å²) in [6, 6.07) is 19.7. The van der Waals surface area contributed by atoms with Gasteiger partial charge < -0.3 is 0 Å². The molecule has 0 N–H and O–H groups in total. The van der Waals surface area contributed by atoms with E-state index < -0.39 is 0 Å². The molecule has 0 unspecified atom stereocenters. The maximum absolute atomic E-state index is 12.1. The molecule has 1 aromatic heterocycles. The topological polar surface area (TPSA) is 30.0 Å². The molecule has 21 heavy (non-hydrogen) atoms. The van der Waals surface area contributed by atoms with Crippen LogP contribution in [0.25, 0.3) is 10.9 Å². The molecule has 3 aromatic rings. The van der Waals surface area contributed by atoms with E-state index in [4.69, 9.17) is 0 Å². The van der Waals surface area contributed by atoms with E-state index in [1.165, 1.54) is 5.56 Å². The van der Waals surface area contributed by atoms with Crippen LogP contribution in [0.3, 0.4) is 0 Å². The number of nitrogens with zero attached hydrogens (tertiary/aromatic N) is 1. The van der Waals surface area contributed by atoms with Gasteiger partial charge in [0.25, 0.3) is 0 Å². The van der Waals surface area contributed by atoms with Gasteiger partial charge in [-0.05, 0) is 24.5 Å². The monoisotopic (exact) mass is 275 g/mol. The van der Waals surface area contributed by atoms with Gasteiger partial charge in [0.05, 0.1) is 5.52 Å². The summed E-state index contributed by atoms with van der Waals surface area (Å²) in [4.78, 5) is 16.5. The minimum absolute atomic E-state index is 0.212. The zero-order valence-electron chi connectivity index (χ0n) is 11.8. The molecule has 2 aromatic carbocycles. The zero-order chi connectivity index (χ0) is 14.5. The highest BCUT2D eigenvalue weighted by molar-refractivity contribution is 5.96. The largest absolute Gasteiger partial charge is 0.294 e. The molecule has 0 aliphatic carbocycles. The number of pyridine rings is 1. The Morgan fingerprint density at radius 1 is 0.905 bits per heavy atom. The van der Waals surface area contributed by atoms with Crippen LogP contribution in [0.1, 0.15) is 28.8 Å². The summed E-state index contributed by atoms with van der Waals surface area (Å²) in [6.45, 7) is 0. The number of para-hydroxylation sites is 1. The average molecular weight is 275 g/mol. The lowest BCUT2D eigenvalue weighted by Crippen LogP contribution is -2.00. The van der Waals surface area contributed by atoms with Gasteiger partial charge in [-0.25, -0.2) is 0 Å². The first-order chi connectivity index (χ1) is 10.3. The van der Waals surface area contributed by atoms with E-state index in [1.807, 2.05) is 42.6 Å². The van der Waals surface area contributed by atoms with Gasteiger partial charge in [0.15, 0.2) is 5.78 Å². The molecule has 104 valence electrons. The molecule has 0 saturated heterocycles. The fourth-order valence-corrected chi connectivity index (χ4v) is 2.58. The van der Waals surface area contributed by atoms with Crippen LogP contribution in [0.2, 0.25) is 0 Å². The van der Waals surface area contributed by atoms with Crippen molar-refractivity contribution in [3.8, 4) is 0 Å². The SMILES string of the molecule is O=C(CCCc1cccc2cccnc12)c1ccccc1. The van der Waals surface area contributed by atoms with Crippen molar-refractivity contribution in [3.05, 3.63) is 78.0 Å². The van der Waals surface area contributed by atoms with Crippen LogP contribution < -0.4 is 0 Å². The van der Waals surface area contributed by atoms with Gasteiger partial charge in [0, 0.05) is 23.6 Å². The van der Waals surface area contributed by atoms with Crippen molar-refractivity contribution in [1.82, 2.24) is 4.98 Å². The number of aryl methyl sites for hydroxylation is 1. The first kappa shape index (κ1) is 13.5. The van der Waals surface area contributed by atoms with E-state index in [1.54, 1.807) is 0 Å². The number of hydrogen-bond donors (Lipinski definition) is 0. The van der Waals surface area contributed by atoms with Crippen LogP contribution in [-0.4, -0.2) is 10.8 Å². The summed E-state index contributed by atoms with van der Waals surface area (Å²) >= 11 is 0. The minimum Gasteiger partial charge on any atom is -0.294 e. The van der Waals surface area contributed by atoms with Crippen molar-refractivity contribution in [2.24, 2.45) is 0 Å². The van der Waals surface area contributed by atoms with Gasteiger partial charge >= 0.3 is 0 Å². The summed E-state index contributed by atoms with van der Waals surface area (Å²) < 4.78 is 0. The molecule has 3 rings (SSSR count). The molecule has 0 fully saturated rings. The summed E-state index contributed by atoms with van der Waals surface area (Å²) in [7, 11) is 0.